The summed E-state index contributed by atoms with van der Waals surface area (Å²) in [5.41, 5.74) is 3.65. The van der Waals surface area contributed by atoms with Crippen molar-refractivity contribution >= 4 is 0 Å². The van der Waals surface area contributed by atoms with Crippen LogP contribution in [0.5, 0.6) is 5.75 Å². The highest BCUT2D eigenvalue weighted by atomic mass is 16.5. The van der Waals surface area contributed by atoms with Gasteiger partial charge >= 0.3 is 0 Å². The summed E-state index contributed by atoms with van der Waals surface area (Å²) in [5, 5.41) is 7.88. The molecule has 108 valence electrons. The Balaban J connectivity index is 2.16. The second kappa shape index (κ2) is 6.57. The molecule has 0 aliphatic rings. The van der Waals surface area contributed by atoms with E-state index in [-0.39, 0.29) is 6.04 Å². The van der Waals surface area contributed by atoms with Gasteiger partial charge < -0.3 is 10.1 Å². The number of ether oxygens (including phenoxy) is 1. The van der Waals surface area contributed by atoms with Crippen LogP contribution < -0.4 is 10.1 Å². The Kier molecular flexibility index (Phi) is 4.79. The molecular formula is C16H23N3O. The molecule has 1 N–H and O–H groups in total. The number of likely N-dealkylation sites (N-methyl/N-ethyl adjacent to an activating group) is 1. The molecule has 1 unspecified atom stereocenters. The van der Waals surface area contributed by atoms with E-state index in [1.165, 1.54) is 11.3 Å². The molecule has 0 aliphatic heterocycles. The molecule has 1 aromatic heterocycles. The van der Waals surface area contributed by atoms with E-state index >= 15 is 0 Å². The number of nitrogens with one attached hydrogen (secondary N) is 1. The zero-order valence-corrected chi connectivity index (χ0v) is 12.7. The minimum Gasteiger partial charge on any atom is -0.497 e. The van der Waals surface area contributed by atoms with Crippen molar-refractivity contribution in [1.29, 1.82) is 0 Å². The summed E-state index contributed by atoms with van der Waals surface area (Å²) >= 11 is 0. The molecule has 1 heterocycles. The molecule has 0 saturated carbocycles. The molecule has 0 bridgehead atoms. The number of benzene rings is 1. The predicted octanol–water partition coefficient (Wildman–Crippen LogP) is 2.49. The maximum absolute atomic E-state index is 5.20. The average molecular weight is 273 g/mol. The molecule has 2 aromatic rings. The lowest BCUT2D eigenvalue weighted by Gasteiger charge is -2.17. The Labute approximate surface area is 120 Å². The third-order valence-corrected chi connectivity index (χ3v) is 3.67. The van der Waals surface area contributed by atoms with E-state index in [2.05, 4.69) is 35.5 Å². The van der Waals surface area contributed by atoms with Gasteiger partial charge in [-0.15, -0.1) is 0 Å². The van der Waals surface area contributed by atoms with Crippen molar-refractivity contribution in [2.45, 2.75) is 25.8 Å². The maximum atomic E-state index is 5.20. The summed E-state index contributed by atoms with van der Waals surface area (Å²) in [7, 11) is 5.69. The first-order chi connectivity index (χ1) is 9.67. The lowest BCUT2D eigenvalue weighted by Crippen LogP contribution is -2.20. The standard InChI is InChI=1S/C16H23N3O/c1-5-13-10-14(19(3)18-13)11-16(17-2)12-6-8-15(20-4)9-7-12/h6-10,16-17H,5,11H2,1-4H3. The summed E-state index contributed by atoms with van der Waals surface area (Å²) in [6, 6.07) is 10.7. The smallest absolute Gasteiger partial charge is 0.118 e. The minimum absolute atomic E-state index is 0.279. The van der Waals surface area contributed by atoms with Gasteiger partial charge in [0.1, 0.15) is 5.75 Å². The fraction of sp³-hybridized carbons (Fsp3) is 0.438. The van der Waals surface area contributed by atoms with Gasteiger partial charge in [0, 0.05) is 25.2 Å². The summed E-state index contributed by atoms with van der Waals surface area (Å²) in [4.78, 5) is 0. The molecule has 1 aromatic carbocycles. The molecule has 0 amide bonds. The van der Waals surface area contributed by atoms with Gasteiger partial charge in [0.05, 0.1) is 12.8 Å². The van der Waals surface area contributed by atoms with Gasteiger partial charge in [-0.1, -0.05) is 19.1 Å². The zero-order chi connectivity index (χ0) is 14.5. The second-order valence-electron chi connectivity index (χ2n) is 4.92. The Hall–Kier alpha value is -1.81. The van der Waals surface area contributed by atoms with Crippen LogP contribution >= 0.6 is 0 Å². The molecule has 20 heavy (non-hydrogen) atoms. The van der Waals surface area contributed by atoms with E-state index < -0.39 is 0 Å². The summed E-state index contributed by atoms with van der Waals surface area (Å²) in [5.74, 6) is 0.886. The Morgan fingerprint density at radius 2 is 2.00 bits per heavy atom. The highest BCUT2D eigenvalue weighted by molar-refractivity contribution is 5.30. The fourth-order valence-corrected chi connectivity index (χ4v) is 2.37. The average Bonchev–Trinajstić information content (AvgIpc) is 2.85. The first-order valence-corrected chi connectivity index (χ1v) is 7.01. The molecule has 2 rings (SSSR count). The van der Waals surface area contributed by atoms with E-state index in [0.717, 1.165) is 24.3 Å². The highest BCUT2D eigenvalue weighted by Crippen LogP contribution is 2.21. The van der Waals surface area contributed by atoms with E-state index in [1.807, 2.05) is 30.9 Å². The van der Waals surface area contributed by atoms with Crippen LogP contribution in [-0.4, -0.2) is 23.9 Å². The van der Waals surface area contributed by atoms with E-state index in [9.17, 15) is 0 Å². The third-order valence-electron chi connectivity index (χ3n) is 3.67. The summed E-state index contributed by atoms with van der Waals surface area (Å²) in [6.45, 7) is 2.13. The van der Waals surface area contributed by atoms with Crippen LogP contribution in [0.25, 0.3) is 0 Å². The molecular weight excluding hydrogens is 250 g/mol. The quantitative estimate of drug-likeness (QED) is 0.879. The molecule has 0 spiro atoms. The van der Waals surface area contributed by atoms with Crippen LogP contribution in [0.4, 0.5) is 0 Å². The van der Waals surface area contributed by atoms with Gasteiger partial charge in [-0.05, 0) is 37.2 Å². The van der Waals surface area contributed by atoms with Crippen molar-refractivity contribution in [3.63, 3.8) is 0 Å². The SMILES string of the molecule is CCc1cc(CC(NC)c2ccc(OC)cc2)n(C)n1. The monoisotopic (exact) mass is 273 g/mol. The first-order valence-electron chi connectivity index (χ1n) is 7.01. The Bertz CT molecular complexity index is 545. The first kappa shape index (κ1) is 14.6. The van der Waals surface area contributed by atoms with E-state index in [4.69, 9.17) is 4.74 Å². The zero-order valence-electron chi connectivity index (χ0n) is 12.7. The van der Waals surface area contributed by atoms with Gasteiger partial charge in [-0.2, -0.15) is 5.10 Å². The van der Waals surface area contributed by atoms with Crippen molar-refractivity contribution in [2.75, 3.05) is 14.2 Å². The van der Waals surface area contributed by atoms with Crippen molar-refractivity contribution in [1.82, 2.24) is 15.1 Å². The van der Waals surface area contributed by atoms with Gasteiger partial charge in [0.15, 0.2) is 0 Å². The van der Waals surface area contributed by atoms with E-state index in [0.29, 0.717) is 0 Å². The molecule has 0 radical (unpaired) electrons. The molecule has 1 atom stereocenters. The molecule has 0 saturated heterocycles. The molecule has 0 aliphatic carbocycles. The van der Waals surface area contributed by atoms with E-state index in [1.54, 1.807) is 7.11 Å². The minimum atomic E-state index is 0.279. The lowest BCUT2D eigenvalue weighted by atomic mass is 10.0. The number of aromatic nitrogens is 2. The molecule has 0 fully saturated rings. The normalized spacial score (nSPS) is 12.4. The maximum Gasteiger partial charge on any atom is 0.118 e. The number of aryl methyl sites for hydroxylation is 2. The lowest BCUT2D eigenvalue weighted by molar-refractivity contribution is 0.414. The van der Waals surface area contributed by atoms with Gasteiger partial charge in [0.2, 0.25) is 0 Å². The third kappa shape index (κ3) is 3.20. The second-order valence-corrected chi connectivity index (χ2v) is 4.92. The largest absolute Gasteiger partial charge is 0.497 e. The number of rotatable bonds is 6. The van der Waals surface area contributed by atoms with Crippen molar-refractivity contribution < 1.29 is 4.74 Å². The van der Waals surface area contributed by atoms with Crippen molar-refractivity contribution in [2.24, 2.45) is 7.05 Å². The topological polar surface area (TPSA) is 39.1 Å². The van der Waals surface area contributed by atoms with Gasteiger partial charge in [-0.3, -0.25) is 4.68 Å². The van der Waals surface area contributed by atoms with Crippen LogP contribution in [-0.2, 0) is 19.9 Å². The number of methoxy groups -OCH3 is 1. The van der Waals surface area contributed by atoms with Crippen LogP contribution in [0.1, 0.15) is 29.9 Å². The van der Waals surface area contributed by atoms with Crippen molar-refractivity contribution in [3.05, 3.63) is 47.3 Å². The number of nitrogens with zero attached hydrogens (tertiary/aromatic N) is 2. The highest BCUT2D eigenvalue weighted by Gasteiger charge is 2.13. The van der Waals surface area contributed by atoms with Crippen LogP contribution in [0.15, 0.2) is 30.3 Å². The number of hydrogen-bond donors (Lipinski definition) is 1. The predicted molar refractivity (Wildman–Crippen MR) is 81.1 cm³/mol. The van der Waals surface area contributed by atoms with Crippen molar-refractivity contribution in [3.8, 4) is 5.75 Å². The molecule has 4 heteroatoms. The van der Waals surface area contributed by atoms with Gasteiger partial charge in [0.25, 0.3) is 0 Å². The Morgan fingerprint density at radius 1 is 1.30 bits per heavy atom. The molecule has 4 nitrogen and oxygen atoms in total. The fourth-order valence-electron chi connectivity index (χ4n) is 2.37. The Morgan fingerprint density at radius 3 is 2.50 bits per heavy atom. The van der Waals surface area contributed by atoms with Crippen LogP contribution in [0, 0.1) is 0 Å². The van der Waals surface area contributed by atoms with Crippen LogP contribution in [0.3, 0.4) is 0 Å². The summed E-state index contributed by atoms with van der Waals surface area (Å²) < 4.78 is 7.18. The number of hydrogen-bond acceptors (Lipinski definition) is 3. The summed E-state index contributed by atoms with van der Waals surface area (Å²) in [6.07, 6.45) is 1.90. The van der Waals surface area contributed by atoms with Gasteiger partial charge in [-0.25, -0.2) is 0 Å². The van der Waals surface area contributed by atoms with Crippen LogP contribution in [0.2, 0.25) is 0 Å².